The van der Waals surface area contributed by atoms with Crippen molar-refractivity contribution >= 4 is 5.97 Å². The third-order valence-corrected chi connectivity index (χ3v) is 13.0. The van der Waals surface area contributed by atoms with Crippen LogP contribution < -0.4 is 0 Å². The van der Waals surface area contributed by atoms with E-state index in [0.29, 0.717) is 17.8 Å². The highest BCUT2D eigenvalue weighted by Gasteiger charge is 2.85. The minimum atomic E-state index is -1.17. The molecule has 0 amide bonds. The van der Waals surface area contributed by atoms with Crippen molar-refractivity contribution in [2.75, 3.05) is 0 Å². The number of fused-ring (bicyclic) bond motifs is 2. The fourth-order valence-corrected chi connectivity index (χ4v) is 11.1. The predicted molar refractivity (Wildman–Crippen MR) is 135 cm³/mol. The van der Waals surface area contributed by atoms with E-state index in [9.17, 15) is 25.2 Å². The largest absolute Gasteiger partial charge is 0.481 e. The summed E-state index contributed by atoms with van der Waals surface area (Å²) < 4.78 is 0. The quantitative estimate of drug-likeness (QED) is 0.400. The molecule has 0 unspecified atom stereocenters. The number of allylic oxidation sites excluding steroid dienone is 1. The van der Waals surface area contributed by atoms with Crippen LogP contribution in [0, 0.1) is 50.7 Å². The lowest BCUT2D eigenvalue weighted by molar-refractivity contribution is -0.210. The van der Waals surface area contributed by atoms with Crippen molar-refractivity contribution in [3.05, 3.63) is 12.2 Å². The van der Waals surface area contributed by atoms with Gasteiger partial charge in [0, 0.05) is 11.8 Å². The van der Waals surface area contributed by atoms with Gasteiger partial charge in [-0.1, -0.05) is 32.9 Å². The fraction of sp³-hybridized carbons (Fsp3) is 0.900. The average Bonchev–Trinajstić information content (AvgIpc) is 3.36. The van der Waals surface area contributed by atoms with Crippen LogP contribution in [0.15, 0.2) is 12.2 Å². The number of hydrogen-bond acceptors (Lipinski definition) is 4. The fourth-order valence-electron chi connectivity index (χ4n) is 11.1. The number of hydrogen-bond donors (Lipinski definition) is 4. The molecule has 0 aromatic rings. The second-order valence-electron chi connectivity index (χ2n) is 14.7. The summed E-state index contributed by atoms with van der Waals surface area (Å²) in [7, 11) is 0. The Morgan fingerprint density at radius 3 is 2.29 bits per heavy atom. The summed E-state index contributed by atoms with van der Waals surface area (Å²) in [4.78, 5) is 12.5. The normalized spacial score (nSPS) is 53.9. The summed E-state index contributed by atoms with van der Waals surface area (Å²) in [6, 6.07) is 0. The van der Waals surface area contributed by atoms with E-state index in [-0.39, 0.29) is 34.0 Å². The molecule has 11 atom stereocenters. The first kappa shape index (κ1) is 25.7. The van der Waals surface area contributed by atoms with E-state index in [1.807, 2.05) is 19.9 Å². The first-order valence-electron chi connectivity index (χ1n) is 14.1. The number of aliphatic hydroxyl groups excluding tert-OH is 2. The molecule has 35 heavy (non-hydrogen) atoms. The minimum absolute atomic E-state index is 0.0272. The minimum Gasteiger partial charge on any atom is -0.481 e. The van der Waals surface area contributed by atoms with E-state index in [4.69, 9.17) is 0 Å². The highest BCUT2D eigenvalue weighted by atomic mass is 16.4. The smallest absolute Gasteiger partial charge is 0.312 e. The van der Waals surface area contributed by atoms with Crippen molar-refractivity contribution in [2.45, 2.75) is 117 Å². The van der Waals surface area contributed by atoms with Crippen molar-refractivity contribution in [3.63, 3.8) is 0 Å². The number of carboxylic acid groups (broad SMARTS) is 1. The lowest BCUT2D eigenvalue weighted by Crippen LogP contribution is -2.63. The number of carboxylic acids is 1. The number of aliphatic hydroxyl groups is 3. The molecule has 4 N–H and O–H groups in total. The zero-order valence-corrected chi connectivity index (χ0v) is 22.7. The van der Waals surface area contributed by atoms with E-state index in [0.717, 1.165) is 38.5 Å². The zero-order valence-electron chi connectivity index (χ0n) is 22.7. The first-order valence-corrected chi connectivity index (χ1v) is 14.1. The van der Waals surface area contributed by atoms with Gasteiger partial charge in [0.1, 0.15) is 0 Å². The number of rotatable bonds is 5. The molecule has 0 aromatic carbocycles. The van der Waals surface area contributed by atoms with Crippen LogP contribution in [0.25, 0.3) is 0 Å². The van der Waals surface area contributed by atoms with Gasteiger partial charge in [0.05, 0.1) is 23.2 Å². The maximum absolute atomic E-state index is 12.5. The molecule has 5 aliphatic rings. The van der Waals surface area contributed by atoms with Crippen molar-refractivity contribution < 1.29 is 25.2 Å². The third kappa shape index (κ3) is 3.07. The van der Waals surface area contributed by atoms with E-state index in [2.05, 4.69) is 26.8 Å². The SMILES string of the molecule is C[C@H](C/C=C\C(C)(C)O)[C@H]1CC[C@@]2(C)[C@@H]3CC[C@H]4[C@](C)(C(=O)O)[C@@H](O)C[C@H](O)[C@@]45C[C@@]35CC[C@]12C. The van der Waals surface area contributed by atoms with Gasteiger partial charge >= 0.3 is 5.97 Å². The van der Waals surface area contributed by atoms with Crippen molar-refractivity contribution in [2.24, 2.45) is 50.7 Å². The first-order chi connectivity index (χ1) is 16.1. The molecule has 0 saturated heterocycles. The van der Waals surface area contributed by atoms with Crippen LogP contribution in [0.5, 0.6) is 0 Å². The van der Waals surface area contributed by atoms with Gasteiger partial charge in [0.15, 0.2) is 0 Å². The standard InChI is InChI=1S/C30H48O5/c1-18(8-7-12-25(2,3)35)19-11-13-27(5)20-9-10-21-28(6,24(33)34)22(31)16-23(32)30(21)17-29(20,30)15-14-26(19,27)4/h7,12,18-23,31-32,35H,8-11,13-17H2,1-6H3,(H,33,34)/b12-7-/t18-,19-,20+,21+,22+,23+,26-,27+,28+,29+,30-/m1/s1. The summed E-state index contributed by atoms with van der Waals surface area (Å²) in [5, 5.41) is 42.6. The molecule has 5 heteroatoms. The molecule has 5 saturated carbocycles. The van der Waals surface area contributed by atoms with Crippen LogP contribution in [-0.4, -0.2) is 44.2 Å². The van der Waals surface area contributed by atoms with Gasteiger partial charge in [-0.15, -0.1) is 0 Å². The highest BCUT2D eigenvalue weighted by Crippen LogP contribution is 2.89. The van der Waals surface area contributed by atoms with Gasteiger partial charge in [0.25, 0.3) is 0 Å². The number of carbonyl (C=O) groups is 1. The van der Waals surface area contributed by atoms with Crippen LogP contribution in [0.2, 0.25) is 0 Å². The zero-order chi connectivity index (χ0) is 25.8. The van der Waals surface area contributed by atoms with Crippen molar-refractivity contribution in [1.29, 1.82) is 0 Å². The lowest BCUT2D eigenvalue weighted by atomic mass is 9.41. The van der Waals surface area contributed by atoms with Crippen LogP contribution in [-0.2, 0) is 4.79 Å². The molecule has 198 valence electrons. The monoisotopic (exact) mass is 488 g/mol. The van der Waals surface area contributed by atoms with E-state index in [1.54, 1.807) is 6.92 Å². The summed E-state index contributed by atoms with van der Waals surface area (Å²) in [6.45, 7) is 12.8. The Balaban J connectivity index is 1.44. The van der Waals surface area contributed by atoms with Gasteiger partial charge in [-0.05, 0) is 112 Å². The predicted octanol–water partition coefficient (Wildman–Crippen LogP) is 5.18. The third-order valence-electron chi connectivity index (χ3n) is 13.0. The molecule has 0 aromatic heterocycles. The molecular formula is C30H48O5. The second kappa shape index (κ2) is 7.57. The van der Waals surface area contributed by atoms with Gasteiger partial charge in [-0.3, -0.25) is 4.79 Å². The maximum atomic E-state index is 12.5. The topological polar surface area (TPSA) is 98.0 Å². The lowest BCUT2D eigenvalue weighted by Gasteiger charge is -2.63. The summed E-state index contributed by atoms with van der Waals surface area (Å²) in [5.41, 5.74) is -1.84. The van der Waals surface area contributed by atoms with Crippen LogP contribution in [0.4, 0.5) is 0 Å². The Labute approximate surface area is 211 Å². The second-order valence-corrected chi connectivity index (χ2v) is 14.7. The van der Waals surface area contributed by atoms with Crippen LogP contribution in [0.3, 0.4) is 0 Å². The van der Waals surface area contributed by atoms with Gasteiger partial charge in [0.2, 0.25) is 0 Å². The summed E-state index contributed by atoms with van der Waals surface area (Å²) >= 11 is 0. The van der Waals surface area contributed by atoms with Crippen molar-refractivity contribution in [3.8, 4) is 0 Å². The van der Waals surface area contributed by atoms with Crippen LogP contribution >= 0.6 is 0 Å². The summed E-state index contributed by atoms with van der Waals surface area (Å²) in [6.07, 6.45) is 11.0. The Morgan fingerprint density at radius 1 is 1.00 bits per heavy atom. The van der Waals surface area contributed by atoms with E-state index < -0.39 is 29.2 Å². The molecule has 0 aliphatic heterocycles. The molecule has 5 fully saturated rings. The Morgan fingerprint density at radius 2 is 1.66 bits per heavy atom. The highest BCUT2D eigenvalue weighted by molar-refractivity contribution is 5.76. The molecule has 5 nitrogen and oxygen atoms in total. The average molecular weight is 489 g/mol. The molecule has 5 rings (SSSR count). The van der Waals surface area contributed by atoms with Crippen molar-refractivity contribution in [1.82, 2.24) is 0 Å². The molecule has 2 spiro atoms. The Kier molecular flexibility index (Phi) is 5.56. The molecule has 0 bridgehead atoms. The van der Waals surface area contributed by atoms with Gasteiger partial charge < -0.3 is 20.4 Å². The summed E-state index contributed by atoms with van der Waals surface area (Å²) in [5.74, 6) is 0.633. The van der Waals surface area contributed by atoms with Gasteiger partial charge in [-0.25, -0.2) is 0 Å². The van der Waals surface area contributed by atoms with E-state index >= 15 is 0 Å². The molecule has 0 heterocycles. The Hall–Kier alpha value is -0.910. The molecular weight excluding hydrogens is 440 g/mol. The van der Waals surface area contributed by atoms with Crippen LogP contribution in [0.1, 0.15) is 99.3 Å². The molecule has 5 aliphatic carbocycles. The van der Waals surface area contributed by atoms with Gasteiger partial charge in [-0.2, -0.15) is 0 Å². The van der Waals surface area contributed by atoms with E-state index in [1.165, 1.54) is 12.8 Å². The molecule has 0 radical (unpaired) electrons. The maximum Gasteiger partial charge on any atom is 0.312 e. The Bertz CT molecular complexity index is 922. The number of aliphatic carboxylic acids is 1.